The Morgan fingerprint density at radius 2 is 1.90 bits per heavy atom. The number of rotatable bonds is 4. The minimum atomic E-state index is 0.0764. The van der Waals surface area contributed by atoms with Gasteiger partial charge < -0.3 is 4.74 Å². The highest BCUT2D eigenvalue weighted by Crippen LogP contribution is 2.40. The van der Waals surface area contributed by atoms with Crippen molar-refractivity contribution in [1.29, 1.82) is 0 Å². The van der Waals surface area contributed by atoms with E-state index in [9.17, 15) is 4.79 Å². The molecule has 0 spiro atoms. The second kappa shape index (κ2) is 5.12. The molecule has 2 heteroatoms. The van der Waals surface area contributed by atoms with Crippen LogP contribution in [0.5, 0.6) is 0 Å². The van der Waals surface area contributed by atoms with Crippen LogP contribution in [0.2, 0.25) is 0 Å². The second-order valence-corrected chi connectivity index (χ2v) is 6.11. The van der Waals surface area contributed by atoms with Crippen LogP contribution in [0.1, 0.15) is 23.2 Å². The fourth-order valence-electron chi connectivity index (χ4n) is 3.55. The SMILES string of the molecule is O=C(COC1CC2C=CC1C2)c1ccc2ccccc2c1. The minimum absolute atomic E-state index is 0.0764. The molecule has 0 N–H and O–H groups in total. The van der Waals surface area contributed by atoms with Crippen molar-refractivity contribution in [2.75, 3.05) is 6.61 Å². The number of Topliss-reactive ketones (excluding diaryl/α,β-unsaturated/α-hetero) is 1. The molecule has 106 valence electrons. The Bertz CT molecular complexity index is 716. The van der Waals surface area contributed by atoms with Crippen LogP contribution in [0.4, 0.5) is 0 Å². The highest BCUT2D eigenvalue weighted by atomic mass is 16.5. The molecule has 2 aromatic carbocycles. The lowest BCUT2D eigenvalue weighted by molar-refractivity contribution is 0.0344. The zero-order chi connectivity index (χ0) is 14.2. The van der Waals surface area contributed by atoms with E-state index in [-0.39, 0.29) is 18.5 Å². The smallest absolute Gasteiger partial charge is 0.188 e. The van der Waals surface area contributed by atoms with E-state index in [4.69, 9.17) is 4.74 Å². The Balaban J connectivity index is 1.45. The van der Waals surface area contributed by atoms with Gasteiger partial charge >= 0.3 is 0 Å². The Kier molecular flexibility index (Phi) is 3.12. The van der Waals surface area contributed by atoms with Gasteiger partial charge in [-0.1, -0.05) is 48.6 Å². The quantitative estimate of drug-likeness (QED) is 0.624. The third kappa shape index (κ3) is 2.40. The van der Waals surface area contributed by atoms with Crippen LogP contribution in [-0.2, 0) is 4.74 Å². The molecule has 3 unspecified atom stereocenters. The lowest BCUT2D eigenvalue weighted by Crippen LogP contribution is -2.22. The number of hydrogen-bond donors (Lipinski definition) is 0. The van der Waals surface area contributed by atoms with Gasteiger partial charge in [-0.2, -0.15) is 0 Å². The van der Waals surface area contributed by atoms with Crippen molar-refractivity contribution >= 4 is 16.6 Å². The molecule has 0 aliphatic heterocycles. The minimum Gasteiger partial charge on any atom is -0.369 e. The molecular weight excluding hydrogens is 260 g/mol. The summed E-state index contributed by atoms with van der Waals surface area (Å²) in [5, 5.41) is 2.26. The molecule has 0 amide bonds. The summed E-state index contributed by atoms with van der Waals surface area (Å²) in [6.07, 6.45) is 7.06. The highest BCUT2D eigenvalue weighted by Gasteiger charge is 2.36. The Morgan fingerprint density at radius 1 is 1.05 bits per heavy atom. The van der Waals surface area contributed by atoms with Crippen LogP contribution in [0.15, 0.2) is 54.6 Å². The van der Waals surface area contributed by atoms with Gasteiger partial charge in [0.25, 0.3) is 0 Å². The number of allylic oxidation sites excluding steroid dienone is 1. The molecule has 0 heterocycles. The monoisotopic (exact) mass is 278 g/mol. The molecule has 2 bridgehead atoms. The molecule has 2 aliphatic rings. The molecule has 1 saturated carbocycles. The van der Waals surface area contributed by atoms with Gasteiger partial charge in [-0.15, -0.1) is 0 Å². The summed E-state index contributed by atoms with van der Waals surface area (Å²) in [6, 6.07) is 14.0. The van der Waals surface area contributed by atoms with Crippen LogP contribution in [0, 0.1) is 11.8 Å². The van der Waals surface area contributed by atoms with Crippen molar-refractivity contribution < 1.29 is 9.53 Å². The van der Waals surface area contributed by atoms with Crippen molar-refractivity contribution in [3.8, 4) is 0 Å². The molecule has 3 atom stereocenters. The van der Waals surface area contributed by atoms with E-state index < -0.39 is 0 Å². The van der Waals surface area contributed by atoms with Crippen LogP contribution in [0.3, 0.4) is 0 Å². The zero-order valence-corrected chi connectivity index (χ0v) is 11.9. The topological polar surface area (TPSA) is 26.3 Å². The van der Waals surface area contributed by atoms with E-state index in [2.05, 4.69) is 18.2 Å². The summed E-state index contributed by atoms with van der Waals surface area (Å²) in [6.45, 7) is 0.195. The lowest BCUT2D eigenvalue weighted by Gasteiger charge is -2.18. The van der Waals surface area contributed by atoms with E-state index in [1.807, 2.05) is 36.4 Å². The average Bonchev–Trinajstić information content (AvgIpc) is 3.15. The Hall–Kier alpha value is -1.93. The number of ketones is 1. The van der Waals surface area contributed by atoms with Gasteiger partial charge in [-0.25, -0.2) is 0 Å². The Morgan fingerprint density at radius 3 is 2.67 bits per heavy atom. The van der Waals surface area contributed by atoms with E-state index >= 15 is 0 Å². The molecule has 4 rings (SSSR count). The second-order valence-electron chi connectivity index (χ2n) is 6.11. The predicted octanol–water partition coefficient (Wildman–Crippen LogP) is 4.00. The lowest BCUT2D eigenvalue weighted by atomic mass is 10.0. The summed E-state index contributed by atoms with van der Waals surface area (Å²) in [5.41, 5.74) is 0.743. The molecule has 0 aromatic heterocycles. The first-order valence-corrected chi connectivity index (χ1v) is 7.61. The van der Waals surface area contributed by atoms with E-state index in [1.165, 1.54) is 6.42 Å². The fraction of sp³-hybridized carbons (Fsp3) is 0.316. The molecule has 2 nitrogen and oxygen atoms in total. The molecule has 1 fully saturated rings. The van der Waals surface area contributed by atoms with Gasteiger partial charge in [-0.3, -0.25) is 4.79 Å². The van der Waals surface area contributed by atoms with Crippen LogP contribution >= 0.6 is 0 Å². The van der Waals surface area contributed by atoms with Gasteiger partial charge in [-0.05, 0) is 35.6 Å². The number of ether oxygens (including phenoxy) is 1. The van der Waals surface area contributed by atoms with Gasteiger partial charge in [0.1, 0.15) is 6.61 Å². The summed E-state index contributed by atoms with van der Waals surface area (Å²) in [4.78, 5) is 12.3. The highest BCUT2D eigenvalue weighted by molar-refractivity contribution is 6.00. The van der Waals surface area contributed by atoms with Crippen molar-refractivity contribution in [2.24, 2.45) is 11.8 Å². The molecule has 0 saturated heterocycles. The first-order valence-electron chi connectivity index (χ1n) is 7.61. The van der Waals surface area contributed by atoms with Gasteiger partial charge in [0.15, 0.2) is 5.78 Å². The van der Waals surface area contributed by atoms with Crippen LogP contribution in [0.25, 0.3) is 10.8 Å². The molecule has 0 radical (unpaired) electrons. The molecule has 2 aromatic rings. The number of fused-ring (bicyclic) bond motifs is 3. The third-order valence-corrected chi connectivity index (χ3v) is 4.72. The number of benzene rings is 2. The molecule has 2 aliphatic carbocycles. The standard InChI is InChI=1S/C19H18O2/c20-18(12-21-19-10-13-5-6-17(19)9-13)16-8-7-14-3-1-2-4-15(14)11-16/h1-8,11,13,17,19H,9-10,12H2. The number of hydrogen-bond acceptors (Lipinski definition) is 2. The van der Waals surface area contributed by atoms with E-state index in [0.717, 1.165) is 22.8 Å². The van der Waals surface area contributed by atoms with Crippen molar-refractivity contribution in [3.05, 3.63) is 60.2 Å². The summed E-state index contributed by atoms with van der Waals surface area (Å²) < 4.78 is 5.86. The van der Waals surface area contributed by atoms with E-state index in [0.29, 0.717) is 11.8 Å². The average molecular weight is 278 g/mol. The first kappa shape index (κ1) is 12.8. The van der Waals surface area contributed by atoms with Gasteiger partial charge in [0.2, 0.25) is 0 Å². The largest absolute Gasteiger partial charge is 0.369 e. The zero-order valence-electron chi connectivity index (χ0n) is 11.9. The molecular formula is C19H18O2. The van der Waals surface area contributed by atoms with E-state index in [1.54, 1.807) is 0 Å². The maximum Gasteiger partial charge on any atom is 0.188 e. The van der Waals surface area contributed by atoms with Crippen molar-refractivity contribution in [1.82, 2.24) is 0 Å². The first-order chi connectivity index (χ1) is 10.3. The van der Waals surface area contributed by atoms with Crippen LogP contribution < -0.4 is 0 Å². The maximum absolute atomic E-state index is 12.3. The predicted molar refractivity (Wildman–Crippen MR) is 83.4 cm³/mol. The number of carbonyl (C=O) groups excluding carboxylic acids is 1. The van der Waals surface area contributed by atoms with Crippen molar-refractivity contribution in [3.63, 3.8) is 0 Å². The summed E-state index contributed by atoms with van der Waals surface area (Å²) >= 11 is 0. The van der Waals surface area contributed by atoms with Crippen molar-refractivity contribution in [2.45, 2.75) is 18.9 Å². The summed E-state index contributed by atoms with van der Waals surface area (Å²) in [5.74, 6) is 1.28. The maximum atomic E-state index is 12.3. The Labute approximate surface area is 124 Å². The number of carbonyl (C=O) groups is 1. The van der Waals surface area contributed by atoms with Gasteiger partial charge in [0.05, 0.1) is 6.10 Å². The molecule has 21 heavy (non-hydrogen) atoms. The fourth-order valence-corrected chi connectivity index (χ4v) is 3.55. The van der Waals surface area contributed by atoms with Crippen LogP contribution in [-0.4, -0.2) is 18.5 Å². The third-order valence-electron chi connectivity index (χ3n) is 4.72. The van der Waals surface area contributed by atoms with Gasteiger partial charge in [0, 0.05) is 11.5 Å². The normalized spacial score (nSPS) is 26.6. The summed E-state index contributed by atoms with van der Waals surface area (Å²) in [7, 11) is 0.